The molecule has 0 atom stereocenters. The van der Waals surface area contributed by atoms with Gasteiger partial charge in [-0.2, -0.15) is 9.50 Å². The monoisotopic (exact) mass is 221 g/mol. The quantitative estimate of drug-likeness (QED) is 0.744. The van der Waals surface area contributed by atoms with Gasteiger partial charge in [-0.1, -0.05) is 13.8 Å². The zero-order chi connectivity index (χ0) is 11.9. The fourth-order valence-electron chi connectivity index (χ4n) is 1.39. The molecule has 2 aromatic heterocycles. The van der Waals surface area contributed by atoms with Crippen molar-refractivity contribution < 1.29 is 0 Å². The molecule has 0 radical (unpaired) electrons. The van der Waals surface area contributed by atoms with Gasteiger partial charge >= 0.3 is 0 Å². The van der Waals surface area contributed by atoms with Gasteiger partial charge in [-0.25, -0.2) is 4.98 Å². The first-order chi connectivity index (χ1) is 7.44. The number of aryl methyl sites for hydroxylation is 1. The normalized spacial score (nSPS) is 12.2. The van der Waals surface area contributed by atoms with Crippen molar-refractivity contribution in [2.24, 2.45) is 5.73 Å². The number of aromatic amines is 1. The molecule has 0 aliphatic heterocycles. The lowest BCUT2D eigenvalue weighted by atomic mass is 9.93. The Morgan fingerprint density at radius 2 is 2.19 bits per heavy atom. The second-order valence-electron chi connectivity index (χ2n) is 4.53. The highest BCUT2D eigenvalue weighted by atomic mass is 16.1. The van der Waals surface area contributed by atoms with Crippen LogP contribution in [0.2, 0.25) is 0 Å². The molecular weight excluding hydrogens is 206 g/mol. The Labute approximate surface area is 92.5 Å². The maximum absolute atomic E-state index is 11.6. The average molecular weight is 221 g/mol. The van der Waals surface area contributed by atoms with Gasteiger partial charge in [-0.3, -0.25) is 9.89 Å². The smallest absolute Gasteiger partial charge is 0.274 e. The molecule has 16 heavy (non-hydrogen) atoms. The number of fused-ring (bicyclic) bond motifs is 1. The maximum Gasteiger partial charge on any atom is 0.274 e. The van der Waals surface area contributed by atoms with Gasteiger partial charge < -0.3 is 5.73 Å². The summed E-state index contributed by atoms with van der Waals surface area (Å²) in [5.41, 5.74) is 5.87. The van der Waals surface area contributed by atoms with Crippen LogP contribution in [0.3, 0.4) is 0 Å². The first-order valence-corrected chi connectivity index (χ1v) is 5.11. The number of nitrogens with one attached hydrogen (secondary N) is 1. The van der Waals surface area contributed by atoms with Gasteiger partial charge in [0.2, 0.25) is 0 Å². The van der Waals surface area contributed by atoms with E-state index in [1.807, 2.05) is 13.8 Å². The van der Waals surface area contributed by atoms with E-state index in [9.17, 15) is 4.79 Å². The number of H-pyrrole nitrogens is 1. The summed E-state index contributed by atoms with van der Waals surface area (Å²) in [6, 6.07) is 1.46. The summed E-state index contributed by atoms with van der Waals surface area (Å²) in [6.45, 7) is 6.13. The number of aromatic nitrogens is 4. The number of hydrogen-bond donors (Lipinski definition) is 2. The lowest BCUT2D eigenvalue weighted by molar-refractivity contribution is 0.502. The van der Waals surface area contributed by atoms with E-state index in [0.29, 0.717) is 23.8 Å². The minimum Gasteiger partial charge on any atom is -0.329 e. The van der Waals surface area contributed by atoms with Crippen LogP contribution in [0, 0.1) is 6.92 Å². The summed E-state index contributed by atoms with van der Waals surface area (Å²) in [7, 11) is 0. The van der Waals surface area contributed by atoms with Crippen molar-refractivity contribution in [2.75, 3.05) is 6.54 Å². The van der Waals surface area contributed by atoms with E-state index in [0.717, 1.165) is 0 Å². The summed E-state index contributed by atoms with van der Waals surface area (Å²) < 4.78 is 1.33. The van der Waals surface area contributed by atoms with Gasteiger partial charge in [-0.15, -0.1) is 0 Å². The third-order valence-corrected chi connectivity index (χ3v) is 2.61. The summed E-state index contributed by atoms with van der Waals surface area (Å²) in [5.74, 6) is 1.06. The molecule has 2 rings (SSSR count). The van der Waals surface area contributed by atoms with Crippen molar-refractivity contribution in [1.82, 2.24) is 19.6 Å². The van der Waals surface area contributed by atoms with Gasteiger partial charge in [-0.05, 0) is 6.92 Å². The molecule has 6 nitrogen and oxygen atoms in total. The molecule has 0 amide bonds. The molecule has 2 heterocycles. The van der Waals surface area contributed by atoms with Crippen LogP contribution in [-0.4, -0.2) is 26.1 Å². The van der Waals surface area contributed by atoms with Crippen LogP contribution < -0.4 is 11.3 Å². The van der Waals surface area contributed by atoms with Crippen molar-refractivity contribution in [1.29, 1.82) is 0 Å². The molecule has 0 aliphatic carbocycles. The van der Waals surface area contributed by atoms with Crippen LogP contribution in [0.4, 0.5) is 0 Å². The number of rotatable bonds is 2. The topological polar surface area (TPSA) is 89.1 Å². The van der Waals surface area contributed by atoms with Crippen molar-refractivity contribution in [3.05, 3.63) is 27.9 Å². The Morgan fingerprint density at radius 1 is 1.50 bits per heavy atom. The lowest BCUT2D eigenvalue weighted by Gasteiger charge is -2.17. The van der Waals surface area contributed by atoms with Gasteiger partial charge in [0.1, 0.15) is 5.82 Å². The molecule has 2 aromatic rings. The molecule has 0 saturated heterocycles. The maximum atomic E-state index is 11.6. The van der Waals surface area contributed by atoms with Gasteiger partial charge in [0, 0.05) is 23.7 Å². The van der Waals surface area contributed by atoms with Crippen LogP contribution in [0.15, 0.2) is 10.9 Å². The minimum atomic E-state index is -0.298. The molecule has 6 heteroatoms. The molecule has 0 aromatic carbocycles. The molecule has 0 spiro atoms. The average Bonchev–Trinajstić information content (AvgIpc) is 2.62. The Morgan fingerprint density at radius 3 is 2.81 bits per heavy atom. The highest BCUT2D eigenvalue weighted by molar-refractivity contribution is 5.29. The minimum absolute atomic E-state index is 0.158. The predicted molar refractivity (Wildman–Crippen MR) is 60.4 cm³/mol. The first kappa shape index (κ1) is 10.8. The van der Waals surface area contributed by atoms with Crippen LogP contribution in [0.25, 0.3) is 5.78 Å². The fraction of sp³-hybridized carbons (Fsp3) is 0.500. The van der Waals surface area contributed by atoms with Gasteiger partial charge in [0.25, 0.3) is 11.3 Å². The van der Waals surface area contributed by atoms with Gasteiger partial charge in [0.15, 0.2) is 0 Å². The number of nitrogens with zero attached hydrogens (tertiary/aromatic N) is 3. The molecule has 0 bridgehead atoms. The highest BCUT2D eigenvalue weighted by Crippen LogP contribution is 2.17. The molecule has 86 valence electrons. The zero-order valence-corrected chi connectivity index (χ0v) is 9.61. The van der Waals surface area contributed by atoms with E-state index < -0.39 is 0 Å². The lowest BCUT2D eigenvalue weighted by Crippen LogP contribution is -2.29. The van der Waals surface area contributed by atoms with E-state index in [2.05, 4.69) is 15.1 Å². The van der Waals surface area contributed by atoms with Gasteiger partial charge in [0.05, 0.1) is 0 Å². The Kier molecular flexibility index (Phi) is 2.31. The standard InChI is InChI=1S/C10H15N5O/c1-6-4-7(16)15-9(12-6)13-8(14-15)10(2,3)5-11/h4H,5,11H2,1-3H3,(H,12,13,14). The zero-order valence-electron chi connectivity index (χ0n) is 9.61. The largest absolute Gasteiger partial charge is 0.329 e. The van der Waals surface area contributed by atoms with Crippen molar-refractivity contribution in [2.45, 2.75) is 26.2 Å². The molecule has 3 N–H and O–H groups in total. The fourth-order valence-corrected chi connectivity index (χ4v) is 1.39. The van der Waals surface area contributed by atoms with Crippen LogP contribution >= 0.6 is 0 Å². The van der Waals surface area contributed by atoms with Crippen molar-refractivity contribution >= 4 is 5.78 Å². The molecule has 0 unspecified atom stereocenters. The molecular formula is C10H15N5O. The van der Waals surface area contributed by atoms with Crippen LogP contribution in [0.1, 0.15) is 25.4 Å². The SMILES string of the molecule is Cc1cc(=O)n2[nH]c(C(C)(C)CN)nc2n1. The van der Waals surface area contributed by atoms with Crippen LogP contribution in [0.5, 0.6) is 0 Å². The van der Waals surface area contributed by atoms with Crippen molar-refractivity contribution in [3.63, 3.8) is 0 Å². The third-order valence-electron chi connectivity index (χ3n) is 2.61. The summed E-state index contributed by atoms with van der Waals surface area (Å²) >= 11 is 0. The Balaban J connectivity index is 2.70. The van der Waals surface area contributed by atoms with E-state index >= 15 is 0 Å². The van der Waals surface area contributed by atoms with E-state index in [4.69, 9.17) is 5.73 Å². The predicted octanol–water partition coefficient (Wildman–Crippen LogP) is -0.0377. The summed E-state index contributed by atoms with van der Waals surface area (Å²) in [6.07, 6.45) is 0. The van der Waals surface area contributed by atoms with E-state index in [1.165, 1.54) is 10.6 Å². The Bertz CT molecular complexity index is 580. The Hall–Kier alpha value is -1.69. The third kappa shape index (κ3) is 1.61. The van der Waals surface area contributed by atoms with Crippen molar-refractivity contribution in [3.8, 4) is 0 Å². The summed E-state index contributed by atoms with van der Waals surface area (Å²) in [5, 5.41) is 2.93. The van der Waals surface area contributed by atoms with Crippen LogP contribution in [-0.2, 0) is 5.41 Å². The molecule has 0 saturated carbocycles. The molecule has 0 fully saturated rings. The number of hydrogen-bond acceptors (Lipinski definition) is 4. The second-order valence-corrected chi connectivity index (χ2v) is 4.53. The number of nitrogens with two attached hydrogens (primary N) is 1. The molecule has 0 aliphatic rings. The first-order valence-electron chi connectivity index (χ1n) is 5.11. The second kappa shape index (κ2) is 3.41. The summed E-state index contributed by atoms with van der Waals surface area (Å²) in [4.78, 5) is 20.1. The van der Waals surface area contributed by atoms with E-state index in [-0.39, 0.29) is 11.0 Å². The highest BCUT2D eigenvalue weighted by Gasteiger charge is 2.23. The van der Waals surface area contributed by atoms with E-state index in [1.54, 1.807) is 6.92 Å².